The summed E-state index contributed by atoms with van der Waals surface area (Å²) >= 11 is 0. The summed E-state index contributed by atoms with van der Waals surface area (Å²) in [5, 5.41) is 4.38. The number of anilines is 1. The van der Waals surface area contributed by atoms with Crippen molar-refractivity contribution in [2.45, 2.75) is 13.3 Å². The van der Waals surface area contributed by atoms with E-state index in [1.54, 1.807) is 10.9 Å². The van der Waals surface area contributed by atoms with Gasteiger partial charge in [-0.05, 0) is 6.42 Å². The van der Waals surface area contributed by atoms with Gasteiger partial charge in [0.1, 0.15) is 5.69 Å². The number of rotatable bonds is 3. The molecular formula is C15H16N4O. The third kappa shape index (κ3) is 1.97. The highest BCUT2D eigenvalue weighted by atomic mass is 16.4. The monoisotopic (exact) mass is 268 g/mol. The number of aryl methyl sites for hydroxylation is 2. The van der Waals surface area contributed by atoms with E-state index in [0.717, 1.165) is 29.1 Å². The summed E-state index contributed by atoms with van der Waals surface area (Å²) < 4.78 is 7.54. The van der Waals surface area contributed by atoms with Crippen LogP contribution in [-0.4, -0.2) is 14.8 Å². The van der Waals surface area contributed by atoms with Crippen LogP contribution in [0.25, 0.3) is 22.9 Å². The van der Waals surface area contributed by atoms with E-state index >= 15 is 0 Å². The van der Waals surface area contributed by atoms with Crippen molar-refractivity contribution in [3.05, 3.63) is 42.2 Å². The molecule has 0 fully saturated rings. The molecule has 2 heterocycles. The molecule has 0 saturated heterocycles. The second-order valence-corrected chi connectivity index (χ2v) is 4.58. The maximum atomic E-state index is 6.11. The van der Waals surface area contributed by atoms with Gasteiger partial charge < -0.3 is 10.2 Å². The summed E-state index contributed by atoms with van der Waals surface area (Å²) in [6.45, 7) is 2.02. The standard InChI is InChI=1S/C15H16N4O/c1-3-11-13(16)14(19(2)18-11)15-17-9-12(20-15)10-7-5-4-6-8-10/h4-9H,3,16H2,1-2H3. The smallest absolute Gasteiger partial charge is 0.247 e. The normalized spacial score (nSPS) is 10.9. The highest BCUT2D eigenvalue weighted by Gasteiger charge is 2.18. The number of hydrogen-bond acceptors (Lipinski definition) is 4. The molecule has 0 spiro atoms. The van der Waals surface area contributed by atoms with Crippen LogP contribution >= 0.6 is 0 Å². The third-order valence-corrected chi connectivity index (χ3v) is 3.26. The fourth-order valence-electron chi connectivity index (χ4n) is 2.23. The van der Waals surface area contributed by atoms with Crippen LogP contribution in [0.5, 0.6) is 0 Å². The van der Waals surface area contributed by atoms with Crippen molar-refractivity contribution in [1.82, 2.24) is 14.8 Å². The quantitative estimate of drug-likeness (QED) is 0.793. The van der Waals surface area contributed by atoms with E-state index in [2.05, 4.69) is 10.1 Å². The maximum Gasteiger partial charge on any atom is 0.247 e. The minimum atomic E-state index is 0.496. The Morgan fingerprint density at radius 3 is 2.65 bits per heavy atom. The molecule has 0 aliphatic rings. The number of oxazole rings is 1. The molecule has 0 saturated carbocycles. The minimum absolute atomic E-state index is 0.496. The molecule has 3 rings (SSSR count). The van der Waals surface area contributed by atoms with Gasteiger partial charge in [-0.15, -0.1) is 0 Å². The molecule has 0 bridgehead atoms. The van der Waals surface area contributed by atoms with Crippen LogP contribution in [0.1, 0.15) is 12.6 Å². The molecule has 2 N–H and O–H groups in total. The van der Waals surface area contributed by atoms with Crippen LogP contribution in [0.4, 0.5) is 5.69 Å². The molecule has 3 aromatic rings. The van der Waals surface area contributed by atoms with Gasteiger partial charge in [0.2, 0.25) is 5.89 Å². The van der Waals surface area contributed by atoms with Gasteiger partial charge in [0.15, 0.2) is 5.76 Å². The molecule has 1 aromatic carbocycles. The lowest BCUT2D eigenvalue weighted by molar-refractivity contribution is 0.578. The van der Waals surface area contributed by atoms with Crippen molar-refractivity contribution in [3.63, 3.8) is 0 Å². The SMILES string of the molecule is CCc1nn(C)c(-c2ncc(-c3ccccc3)o2)c1N. The van der Waals surface area contributed by atoms with E-state index in [1.165, 1.54) is 0 Å². The van der Waals surface area contributed by atoms with E-state index in [-0.39, 0.29) is 0 Å². The van der Waals surface area contributed by atoms with Gasteiger partial charge in [-0.25, -0.2) is 4.98 Å². The number of nitrogens with zero attached hydrogens (tertiary/aromatic N) is 3. The lowest BCUT2D eigenvalue weighted by Crippen LogP contribution is -1.95. The lowest BCUT2D eigenvalue weighted by atomic mass is 10.2. The zero-order valence-electron chi connectivity index (χ0n) is 11.5. The predicted octanol–water partition coefficient (Wildman–Crippen LogP) is 2.89. The Hall–Kier alpha value is -2.56. The number of benzene rings is 1. The zero-order chi connectivity index (χ0) is 14.1. The summed E-state index contributed by atoms with van der Waals surface area (Å²) in [5.74, 6) is 1.22. The van der Waals surface area contributed by atoms with Crippen LogP contribution in [0.2, 0.25) is 0 Å². The van der Waals surface area contributed by atoms with Gasteiger partial charge >= 0.3 is 0 Å². The Labute approximate surface area is 117 Å². The fourth-order valence-corrected chi connectivity index (χ4v) is 2.23. The number of hydrogen-bond donors (Lipinski definition) is 1. The lowest BCUT2D eigenvalue weighted by Gasteiger charge is -1.98. The average molecular weight is 268 g/mol. The largest absolute Gasteiger partial charge is 0.435 e. The summed E-state index contributed by atoms with van der Waals surface area (Å²) in [6.07, 6.45) is 2.49. The van der Waals surface area contributed by atoms with Gasteiger partial charge in [-0.1, -0.05) is 37.3 Å². The number of aromatic nitrogens is 3. The Bertz CT molecular complexity index is 728. The Balaban J connectivity index is 2.05. The molecule has 20 heavy (non-hydrogen) atoms. The van der Waals surface area contributed by atoms with E-state index < -0.39 is 0 Å². The first-order valence-electron chi connectivity index (χ1n) is 6.53. The van der Waals surface area contributed by atoms with Gasteiger partial charge in [-0.2, -0.15) is 5.10 Å². The Morgan fingerprint density at radius 1 is 1.25 bits per heavy atom. The topological polar surface area (TPSA) is 69.9 Å². The second-order valence-electron chi connectivity index (χ2n) is 4.58. The molecule has 0 atom stereocenters. The van der Waals surface area contributed by atoms with Crippen LogP contribution in [0.15, 0.2) is 40.9 Å². The summed E-state index contributed by atoms with van der Waals surface area (Å²) in [5.41, 5.74) is 9.32. The molecule has 0 aliphatic heterocycles. The molecule has 0 unspecified atom stereocenters. The number of nitrogens with two attached hydrogens (primary N) is 1. The van der Waals surface area contributed by atoms with E-state index in [4.69, 9.17) is 10.2 Å². The third-order valence-electron chi connectivity index (χ3n) is 3.26. The van der Waals surface area contributed by atoms with Crippen molar-refractivity contribution in [3.8, 4) is 22.9 Å². The molecule has 5 nitrogen and oxygen atoms in total. The molecule has 2 aromatic heterocycles. The van der Waals surface area contributed by atoms with Crippen molar-refractivity contribution in [2.75, 3.05) is 5.73 Å². The summed E-state index contributed by atoms with van der Waals surface area (Å²) in [6, 6.07) is 9.85. The first-order valence-corrected chi connectivity index (χ1v) is 6.53. The van der Waals surface area contributed by atoms with Gasteiger partial charge in [0.25, 0.3) is 0 Å². The van der Waals surface area contributed by atoms with Crippen molar-refractivity contribution in [2.24, 2.45) is 7.05 Å². The molecule has 0 radical (unpaired) electrons. The van der Waals surface area contributed by atoms with E-state index in [0.29, 0.717) is 11.6 Å². The van der Waals surface area contributed by atoms with E-state index in [1.807, 2.05) is 44.3 Å². The van der Waals surface area contributed by atoms with Crippen molar-refractivity contribution < 1.29 is 4.42 Å². The average Bonchev–Trinajstić information content (AvgIpc) is 3.04. The number of nitrogen functional groups attached to an aromatic ring is 1. The Kier molecular flexibility index (Phi) is 3.02. The van der Waals surface area contributed by atoms with Gasteiger partial charge in [0, 0.05) is 12.6 Å². The van der Waals surface area contributed by atoms with Crippen LogP contribution < -0.4 is 5.73 Å². The first-order chi connectivity index (χ1) is 9.70. The highest BCUT2D eigenvalue weighted by Crippen LogP contribution is 2.30. The molecular weight excluding hydrogens is 252 g/mol. The molecule has 102 valence electrons. The fraction of sp³-hybridized carbons (Fsp3) is 0.200. The van der Waals surface area contributed by atoms with Gasteiger partial charge in [-0.3, -0.25) is 4.68 Å². The van der Waals surface area contributed by atoms with E-state index in [9.17, 15) is 0 Å². The minimum Gasteiger partial charge on any atom is -0.435 e. The van der Waals surface area contributed by atoms with Crippen LogP contribution in [0, 0.1) is 0 Å². The molecule has 0 amide bonds. The summed E-state index contributed by atoms with van der Waals surface area (Å²) in [4.78, 5) is 4.32. The van der Waals surface area contributed by atoms with Crippen molar-refractivity contribution >= 4 is 5.69 Å². The Morgan fingerprint density at radius 2 is 2.00 bits per heavy atom. The van der Waals surface area contributed by atoms with Crippen LogP contribution in [-0.2, 0) is 13.5 Å². The van der Waals surface area contributed by atoms with Crippen LogP contribution in [0.3, 0.4) is 0 Å². The maximum absolute atomic E-state index is 6.11. The van der Waals surface area contributed by atoms with Crippen molar-refractivity contribution in [1.29, 1.82) is 0 Å². The molecule has 0 aliphatic carbocycles. The highest BCUT2D eigenvalue weighted by molar-refractivity contribution is 5.70. The molecule has 5 heteroatoms. The zero-order valence-corrected chi connectivity index (χ0v) is 11.5. The summed E-state index contributed by atoms with van der Waals surface area (Å²) in [7, 11) is 1.84. The predicted molar refractivity (Wildman–Crippen MR) is 77.9 cm³/mol. The second kappa shape index (κ2) is 4.85. The van der Waals surface area contributed by atoms with Gasteiger partial charge in [0.05, 0.1) is 17.6 Å². The first kappa shape index (κ1) is 12.5.